The summed E-state index contributed by atoms with van der Waals surface area (Å²) < 4.78 is 72.4. The Balaban J connectivity index is 2.25. The van der Waals surface area contributed by atoms with Gasteiger partial charge in [0, 0.05) is 19.4 Å². The minimum atomic E-state index is -5.34. The van der Waals surface area contributed by atoms with Crippen molar-refractivity contribution in [2.75, 3.05) is 13.7 Å². The Labute approximate surface area is 194 Å². The molecule has 2 heterocycles. The van der Waals surface area contributed by atoms with E-state index in [0.717, 1.165) is 19.4 Å². The highest BCUT2D eigenvalue weighted by Crippen LogP contribution is 2.71. The zero-order valence-electron chi connectivity index (χ0n) is 17.4. The minimum absolute atomic E-state index is 0.652. The summed E-state index contributed by atoms with van der Waals surface area (Å²) in [5, 5.41) is 21.1. The highest BCUT2D eigenvalue weighted by Gasteiger charge is 2.57. The van der Waals surface area contributed by atoms with Crippen LogP contribution < -0.4 is 28.9 Å². The van der Waals surface area contributed by atoms with E-state index in [-0.39, 0.29) is 0 Å². The summed E-state index contributed by atoms with van der Waals surface area (Å²) in [5.74, 6) is 16.1. The second kappa shape index (κ2) is 11.2. The second-order valence-corrected chi connectivity index (χ2v) is 11.5. The monoisotopic (exact) mass is 567 g/mol. The first-order chi connectivity index (χ1) is 16.2. The lowest BCUT2D eigenvalue weighted by Crippen LogP contribution is -2.48. The molecule has 0 aliphatic carbocycles. The van der Waals surface area contributed by atoms with Crippen LogP contribution in [0.25, 0.3) is 0 Å². The molecule has 9 N–H and O–H groups in total. The maximum atomic E-state index is 12.6. The number of aliphatic hydroxyl groups is 2. The lowest BCUT2D eigenvalue weighted by molar-refractivity contribution is -0.0763. The first-order valence-corrected chi connectivity index (χ1v) is 13.1. The number of aromatic amines is 1. The molecule has 198 valence electrons. The Bertz CT molecular complexity index is 1200. The summed E-state index contributed by atoms with van der Waals surface area (Å²) in [4.78, 5) is 25.2. The number of nitrogens with one attached hydrogen (secondary N) is 1. The first-order valence-electron chi connectivity index (χ1n) is 8.68. The normalized spacial score (nSPS) is 29.6. The molecule has 0 saturated carbocycles. The number of terminal acetylenes is 1. The third-order valence-electron chi connectivity index (χ3n) is 4.23. The SMILES string of the molecule is C#C[C@@]1(O)[C@H](O)[C@@H](COP(=O)(ON)OP(=O)(ON)OP(=O)(OC)ON)O[C@H]1n1ccc(=O)[nH]c1=O. The molecule has 0 amide bonds. The third-order valence-corrected chi connectivity index (χ3v) is 9.11. The van der Waals surface area contributed by atoms with Crippen LogP contribution >= 0.6 is 23.5 Å². The van der Waals surface area contributed by atoms with Crippen LogP contribution in [0.15, 0.2) is 21.9 Å². The molecule has 0 spiro atoms. The molecule has 1 aliphatic heterocycles. The van der Waals surface area contributed by atoms with Gasteiger partial charge in [-0.25, -0.2) is 50.1 Å². The van der Waals surface area contributed by atoms with Crippen LogP contribution in [-0.4, -0.2) is 51.3 Å². The Morgan fingerprint density at radius 1 is 1.17 bits per heavy atom. The van der Waals surface area contributed by atoms with Crippen molar-refractivity contribution in [1.29, 1.82) is 0 Å². The van der Waals surface area contributed by atoms with E-state index in [4.69, 9.17) is 27.5 Å². The molecule has 20 nitrogen and oxygen atoms in total. The number of rotatable bonds is 12. The van der Waals surface area contributed by atoms with E-state index in [2.05, 4.69) is 32.9 Å². The van der Waals surface area contributed by atoms with Gasteiger partial charge in [-0.05, 0) is 0 Å². The van der Waals surface area contributed by atoms with Crippen LogP contribution in [0, 0.1) is 12.3 Å². The number of hydrogen-bond donors (Lipinski definition) is 6. The highest BCUT2D eigenvalue weighted by molar-refractivity contribution is 7.67. The minimum Gasteiger partial charge on any atom is -0.386 e. The maximum absolute atomic E-state index is 12.6. The quantitative estimate of drug-likeness (QED) is 0.0891. The topological polar surface area (TPSA) is 298 Å². The van der Waals surface area contributed by atoms with Crippen molar-refractivity contribution in [3.63, 3.8) is 0 Å². The van der Waals surface area contributed by atoms with Gasteiger partial charge in [0.1, 0.15) is 12.2 Å². The van der Waals surface area contributed by atoms with Crippen LogP contribution in [0.3, 0.4) is 0 Å². The molecule has 0 aromatic carbocycles. The Morgan fingerprint density at radius 3 is 2.23 bits per heavy atom. The maximum Gasteiger partial charge on any atom is 0.509 e. The summed E-state index contributed by atoms with van der Waals surface area (Å²) in [6.45, 7) is -1.03. The van der Waals surface area contributed by atoms with Crippen molar-refractivity contribution in [2.24, 2.45) is 17.7 Å². The van der Waals surface area contributed by atoms with Gasteiger partial charge in [0.25, 0.3) is 5.56 Å². The van der Waals surface area contributed by atoms with Gasteiger partial charge < -0.3 is 14.9 Å². The van der Waals surface area contributed by atoms with Crippen molar-refractivity contribution in [3.05, 3.63) is 33.1 Å². The van der Waals surface area contributed by atoms with Gasteiger partial charge in [-0.3, -0.25) is 23.4 Å². The number of ether oxygens (including phenoxy) is 1. The molecule has 0 bridgehead atoms. The Morgan fingerprint density at radius 2 is 1.74 bits per heavy atom. The van der Waals surface area contributed by atoms with Gasteiger partial charge in [-0.2, -0.15) is 8.62 Å². The number of hydrogen-bond acceptors (Lipinski definition) is 18. The summed E-state index contributed by atoms with van der Waals surface area (Å²) in [7, 11) is -14.6. The summed E-state index contributed by atoms with van der Waals surface area (Å²) in [5.41, 5.74) is -4.42. The predicted molar refractivity (Wildman–Crippen MR) is 109 cm³/mol. The molecule has 1 saturated heterocycles. The zero-order valence-corrected chi connectivity index (χ0v) is 20.1. The standard InChI is InChI=1S/C12H20N5O15P3/c1-3-12(21)9(19)7(27-10(12)17-5-4-8(18)16-11(17)20)6-26-34(23,29-14)32-35(24,30-15)31-33(22,25-2)28-13/h1,4-5,7,9-10,19,21H,6,13-15H2,2H3,(H,16,18,20)/t7-,9-,10-,12-,33?,34?,35?/m1/s1. The average molecular weight is 567 g/mol. The van der Waals surface area contributed by atoms with Crippen molar-refractivity contribution >= 4 is 23.5 Å². The third kappa shape index (κ3) is 6.40. The fraction of sp³-hybridized carbons (Fsp3) is 0.500. The van der Waals surface area contributed by atoms with Crippen LogP contribution in [0.5, 0.6) is 0 Å². The molecule has 23 heteroatoms. The molecule has 35 heavy (non-hydrogen) atoms. The van der Waals surface area contributed by atoms with Crippen molar-refractivity contribution in [2.45, 2.75) is 24.0 Å². The van der Waals surface area contributed by atoms with Crippen LogP contribution in [0.4, 0.5) is 0 Å². The van der Waals surface area contributed by atoms with E-state index >= 15 is 0 Å². The Kier molecular flexibility index (Phi) is 9.49. The molecule has 7 atom stereocenters. The lowest BCUT2D eigenvalue weighted by atomic mass is 9.95. The van der Waals surface area contributed by atoms with Crippen LogP contribution in [-0.2, 0) is 50.0 Å². The number of nitrogens with zero attached hydrogens (tertiary/aromatic N) is 1. The molecule has 0 radical (unpaired) electrons. The molecular formula is C12H20N5O15P3. The van der Waals surface area contributed by atoms with Crippen LogP contribution in [0.2, 0.25) is 0 Å². The fourth-order valence-electron chi connectivity index (χ4n) is 2.58. The number of aliphatic hydroxyl groups excluding tert-OH is 1. The predicted octanol–water partition coefficient (Wildman–Crippen LogP) is -2.15. The molecular weight excluding hydrogens is 547 g/mol. The smallest absolute Gasteiger partial charge is 0.386 e. The zero-order chi connectivity index (χ0) is 26.7. The fourth-order valence-corrected chi connectivity index (χ4v) is 6.48. The van der Waals surface area contributed by atoms with E-state index in [9.17, 15) is 33.5 Å². The Hall–Kier alpha value is -1.59. The highest BCUT2D eigenvalue weighted by atomic mass is 31.3. The van der Waals surface area contributed by atoms with Gasteiger partial charge >= 0.3 is 29.2 Å². The van der Waals surface area contributed by atoms with E-state index in [0.29, 0.717) is 4.57 Å². The summed E-state index contributed by atoms with van der Waals surface area (Å²) >= 11 is 0. The number of aromatic nitrogens is 2. The first kappa shape index (κ1) is 29.6. The molecule has 1 aromatic rings. The van der Waals surface area contributed by atoms with Gasteiger partial charge in [0.15, 0.2) is 11.8 Å². The van der Waals surface area contributed by atoms with Gasteiger partial charge in [-0.15, -0.1) is 6.42 Å². The molecule has 1 fully saturated rings. The van der Waals surface area contributed by atoms with Gasteiger partial charge in [0.05, 0.1) is 6.61 Å². The van der Waals surface area contributed by atoms with E-state index in [1.165, 1.54) is 0 Å². The van der Waals surface area contributed by atoms with E-state index < -0.39 is 65.4 Å². The number of phosphoric acid groups is 3. The number of nitrogens with two attached hydrogens (primary N) is 3. The molecule has 1 aromatic heterocycles. The molecule has 3 unspecified atom stereocenters. The number of H-pyrrole nitrogens is 1. The molecule has 1 aliphatic rings. The van der Waals surface area contributed by atoms with Gasteiger partial charge in [-0.1, -0.05) is 5.92 Å². The summed E-state index contributed by atoms with van der Waals surface area (Å²) in [6, 6.07) is 0.899. The van der Waals surface area contributed by atoms with Crippen molar-refractivity contribution < 1.29 is 60.2 Å². The van der Waals surface area contributed by atoms with Crippen molar-refractivity contribution in [3.8, 4) is 12.3 Å². The van der Waals surface area contributed by atoms with Gasteiger partial charge in [0.2, 0.25) is 0 Å². The van der Waals surface area contributed by atoms with Crippen molar-refractivity contribution in [1.82, 2.24) is 9.55 Å². The second-order valence-electron chi connectivity index (χ2n) is 6.26. The lowest BCUT2D eigenvalue weighted by Gasteiger charge is -2.26. The average Bonchev–Trinajstić information content (AvgIpc) is 3.08. The largest absolute Gasteiger partial charge is 0.509 e. The van der Waals surface area contributed by atoms with E-state index in [1.807, 2.05) is 10.9 Å². The molecule has 2 rings (SSSR count). The van der Waals surface area contributed by atoms with Crippen LogP contribution in [0.1, 0.15) is 6.23 Å². The van der Waals surface area contributed by atoms with E-state index in [1.54, 1.807) is 0 Å². The summed E-state index contributed by atoms with van der Waals surface area (Å²) in [6.07, 6.45) is 0.727.